The Hall–Kier alpha value is -4.60. The van der Waals surface area contributed by atoms with Crippen molar-refractivity contribution in [1.29, 1.82) is 0 Å². The van der Waals surface area contributed by atoms with Crippen molar-refractivity contribution in [2.24, 2.45) is 0 Å². The number of ether oxygens (including phenoxy) is 1. The van der Waals surface area contributed by atoms with Crippen LogP contribution in [0, 0.1) is 12.7 Å². The van der Waals surface area contributed by atoms with Gasteiger partial charge in [-0.05, 0) is 67.3 Å². The highest BCUT2D eigenvalue weighted by molar-refractivity contribution is 7.51. The van der Waals surface area contributed by atoms with Crippen molar-refractivity contribution in [1.82, 2.24) is 20.0 Å². The van der Waals surface area contributed by atoms with Gasteiger partial charge in [0.25, 0.3) is 11.8 Å². The van der Waals surface area contributed by atoms with Gasteiger partial charge >= 0.3 is 17.9 Å². The molecule has 266 valence electrons. The number of alkyl halides is 3. The number of aryl methyl sites for hydroxylation is 1. The molecule has 0 saturated carbocycles. The first-order chi connectivity index (χ1) is 23.9. The van der Waals surface area contributed by atoms with E-state index in [1.807, 2.05) is 9.80 Å². The molecule has 3 aromatic carbocycles. The number of amides is 2. The number of likely N-dealkylation sites (tertiary alicyclic amines) is 1. The Morgan fingerprint density at radius 1 is 0.860 bits per heavy atom. The average molecular weight is 717 g/mol. The van der Waals surface area contributed by atoms with E-state index >= 15 is 0 Å². The fourth-order valence-electron chi connectivity index (χ4n) is 6.13. The third-order valence-electron chi connectivity index (χ3n) is 8.72. The lowest BCUT2D eigenvalue weighted by Gasteiger charge is -2.34. The number of carbonyl (C=O) groups is 2. The highest BCUT2D eigenvalue weighted by Gasteiger charge is 2.32. The van der Waals surface area contributed by atoms with Crippen LogP contribution >= 0.6 is 0 Å². The lowest BCUT2D eigenvalue weighted by molar-refractivity contribution is -0.275. The number of piperidine rings is 1. The van der Waals surface area contributed by atoms with Gasteiger partial charge in [-0.2, -0.15) is 8.42 Å². The summed E-state index contributed by atoms with van der Waals surface area (Å²) in [5.74, 6) is -2.17. The summed E-state index contributed by atoms with van der Waals surface area (Å²) in [4.78, 5) is 32.6. The smallest absolute Gasteiger partial charge is 0.451 e. The third-order valence-corrected chi connectivity index (χ3v) is 8.72. The summed E-state index contributed by atoms with van der Waals surface area (Å²) in [7, 11) is 0. The average Bonchev–Trinajstić information content (AvgIpc) is 3.52. The van der Waals surface area contributed by atoms with E-state index in [0.717, 1.165) is 31.8 Å². The van der Waals surface area contributed by atoms with E-state index in [0.29, 0.717) is 67.7 Å². The molecule has 6 rings (SSSR count). The second-order valence-electron chi connectivity index (χ2n) is 12.3. The maximum Gasteiger partial charge on any atom is 0.573 e. The quantitative estimate of drug-likeness (QED) is 0.240. The zero-order chi connectivity index (χ0) is 35.8. The number of halogens is 4. The minimum absolute atomic E-state index is 0.0471. The van der Waals surface area contributed by atoms with Gasteiger partial charge in [0.15, 0.2) is 17.3 Å². The van der Waals surface area contributed by atoms with E-state index in [9.17, 15) is 27.2 Å². The van der Waals surface area contributed by atoms with Gasteiger partial charge in [0.2, 0.25) is 0 Å². The molecule has 0 spiro atoms. The summed E-state index contributed by atoms with van der Waals surface area (Å²) in [5.41, 5.74) is 4.08. The minimum atomic E-state index is -4.96. The molecule has 2 amide bonds. The topological polar surface area (TPSA) is 112 Å². The Balaban J connectivity index is 0.00000156. The van der Waals surface area contributed by atoms with Gasteiger partial charge in [0.05, 0.1) is 0 Å². The van der Waals surface area contributed by atoms with Crippen LogP contribution in [0.3, 0.4) is 0 Å². The van der Waals surface area contributed by atoms with Crippen LogP contribution in [0.2, 0.25) is 0 Å². The number of nitrogens with one attached hydrogen (secondary N) is 1. The SMILES string of the molecule is Cc1ccc(CN2CCN(C(=O)c3ccc4oc(C(=O)NC5CCN(Cc6ccc(OC(F)(F)F)c(F)c6)CC5)cc4c3)CC2)cc1.O=S=O. The van der Waals surface area contributed by atoms with Crippen LogP contribution < -0.4 is 10.1 Å². The largest absolute Gasteiger partial charge is 0.573 e. The fourth-order valence-corrected chi connectivity index (χ4v) is 6.13. The van der Waals surface area contributed by atoms with Crippen LogP contribution in [-0.4, -0.2) is 86.6 Å². The van der Waals surface area contributed by atoms with E-state index in [2.05, 4.69) is 46.1 Å². The van der Waals surface area contributed by atoms with Crippen molar-refractivity contribution < 1.29 is 44.7 Å². The molecule has 2 aliphatic heterocycles. The predicted molar refractivity (Wildman–Crippen MR) is 176 cm³/mol. The van der Waals surface area contributed by atoms with Crippen molar-refractivity contribution >= 4 is 34.4 Å². The molecule has 0 atom stereocenters. The Morgan fingerprint density at radius 2 is 1.48 bits per heavy atom. The van der Waals surface area contributed by atoms with Crippen LogP contribution in [0.15, 0.2) is 71.1 Å². The molecule has 50 heavy (non-hydrogen) atoms. The van der Waals surface area contributed by atoms with Crippen molar-refractivity contribution in [2.75, 3.05) is 39.3 Å². The van der Waals surface area contributed by atoms with Crippen molar-refractivity contribution in [3.8, 4) is 5.75 Å². The van der Waals surface area contributed by atoms with Crippen molar-refractivity contribution in [3.05, 3.63) is 101 Å². The molecule has 2 fully saturated rings. The highest BCUT2D eigenvalue weighted by atomic mass is 32.1. The first-order valence-electron chi connectivity index (χ1n) is 16.0. The number of fused-ring (bicyclic) bond motifs is 1. The lowest BCUT2D eigenvalue weighted by Crippen LogP contribution is -2.48. The van der Waals surface area contributed by atoms with Crippen LogP contribution in [0.5, 0.6) is 5.75 Å². The van der Waals surface area contributed by atoms with Gasteiger partial charge in [0.1, 0.15) is 5.58 Å². The Bertz CT molecular complexity index is 1830. The van der Waals surface area contributed by atoms with Gasteiger partial charge in [-0.3, -0.25) is 19.4 Å². The summed E-state index contributed by atoms with van der Waals surface area (Å²) < 4.78 is 77.4. The molecular formula is C35H36F4N4O6S. The predicted octanol–water partition coefficient (Wildman–Crippen LogP) is 5.46. The number of furan rings is 1. The van der Waals surface area contributed by atoms with Crippen LogP contribution in [0.25, 0.3) is 11.0 Å². The first-order valence-corrected chi connectivity index (χ1v) is 16.7. The number of nitrogens with zero attached hydrogens (tertiary/aromatic N) is 3. The van der Waals surface area contributed by atoms with E-state index in [1.165, 1.54) is 17.2 Å². The lowest BCUT2D eigenvalue weighted by atomic mass is 10.0. The Labute approximate surface area is 289 Å². The Kier molecular flexibility index (Phi) is 12.0. The molecule has 0 aliphatic carbocycles. The van der Waals surface area contributed by atoms with Crippen LogP contribution in [0.1, 0.15) is 50.4 Å². The molecule has 15 heteroatoms. The molecule has 1 aromatic heterocycles. The van der Waals surface area contributed by atoms with Gasteiger partial charge in [-0.15, -0.1) is 13.2 Å². The third kappa shape index (κ3) is 9.98. The number of hydrogen-bond acceptors (Lipinski definition) is 8. The number of benzene rings is 3. The normalized spacial score (nSPS) is 16.1. The second-order valence-corrected chi connectivity index (χ2v) is 12.5. The van der Waals surface area contributed by atoms with E-state index in [1.54, 1.807) is 24.3 Å². The molecule has 0 radical (unpaired) electrons. The number of rotatable bonds is 8. The first kappa shape index (κ1) is 36.7. The summed E-state index contributed by atoms with van der Waals surface area (Å²) >= 11 is -0.750. The number of hydrogen-bond donors (Lipinski definition) is 1. The Morgan fingerprint density at radius 3 is 2.12 bits per heavy atom. The second kappa shape index (κ2) is 16.4. The molecule has 2 saturated heterocycles. The van der Waals surface area contributed by atoms with Crippen LogP contribution in [0.4, 0.5) is 17.6 Å². The molecular weight excluding hydrogens is 680 g/mol. The molecule has 0 bridgehead atoms. The summed E-state index contributed by atoms with van der Waals surface area (Å²) in [6.45, 7) is 7.38. The standard InChI is InChI=1S/C35H36F4N4O4.O2S/c1-23-2-4-24(5-3-23)21-42-14-16-43(17-15-42)34(45)26-7-9-30-27(19-26)20-32(46-30)33(44)40-28-10-12-41(13-11-28)22-25-6-8-31(29(36)18-25)47-35(37,38)39;1-3-2/h2-9,18-20,28H,10-17,21-22H2,1H3,(H,40,44);. The monoisotopic (exact) mass is 716 g/mol. The molecule has 1 N–H and O–H groups in total. The van der Waals surface area contributed by atoms with E-state index in [4.69, 9.17) is 12.8 Å². The highest BCUT2D eigenvalue weighted by Crippen LogP contribution is 2.27. The van der Waals surface area contributed by atoms with Gasteiger partial charge in [0, 0.05) is 69.3 Å². The van der Waals surface area contributed by atoms with Crippen molar-refractivity contribution in [2.45, 2.75) is 45.3 Å². The van der Waals surface area contributed by atoms with Crippen LogP contribution in [-0.2, 0) is 24.7 Å². The van der Waals surface area contributed by atoms with Gasteiger partial charge in [-0.25, -0.2) is 4.39 Å². The maximum absolute atomic E-state index is 14.1. The number of piperazine rings is 1. The molecule has 10 nitrogen and oxygen atoms in total. The molecule has 2 aliphatic rings. The maximum atomic E-state index is 14.1. The summed E-state index contributed by atoms with van der Waals surface area (Å²) in [6.07, 6.45) is -3.68. The fraction of sp³-hybridized carbons (Fsp3) is 0.371. The minimum Gasteiger partial charge on any atom is -0.451 e. The molecule has 3 heterocycles. The van der Waals surface area contributed by atoms with Gasteiger partial charge < -0.3 is 19.4 Å². The van der Waals surface area contributed by atoms with E-state index in [-0.39, 0.29) is 23.6 Å². The van der Waals surface area contributed by atoms with Crippen molar-refractivity contribution in [3.63, 3.8) is 0 Å². The van der Waals surface area contributed by atoms with E-state index < -0.39 is 29.5 Å². The zero-order valence-electron chi connectivity index (χ0n) is 27.2. The summed E-state index contributed by atoms with van der Waals surface area (Å²) in [6, 6.07) is 18.7. The zero-order valence-corrected chi connectivity index (χ0v) is 28.0. The molecule has 4 aromatic rings. The van der Waals surface area contributed by atoms with Gasteiger partial charge in [-0.1, -0.05) is 35.9 Å². The molecule has 0 unspecified atom stereocenters. The summed E-state index contributed by atoms with van der Waals surface area (Å²) in [5, 5.41) is 3.68. The number of carbonyl (C=O) groups excluding carboxylic acids is 2.